The molecule has 1 atom stereocenters. The molecule has 10 heteroatoms. The molecule has 1 aromatic carbocycles. The first-order chi connectivity index (χ1) is 14.5. The molecule has 31 heavy (non-hydrogen) atoms. The molecule has 1 fully saturated rings. The minimum Gasteiger partial charge on any atom is -0.351 e. The van der Waals surface area contributed by atoms with E-state index in [4.69, 9.17) is 0 Å². The fourth-order valence-corrected chi connectivity index (χ4v) is 5.21. The number of carbonyl (C=O) groups excluding carboxylic acids is 1. The molecule has 0 saturated heterocycles. The highest BCUT2D eigenvalue weighted by molar-refractivity contribution is 8.00. The van der Waals surface area contributed by atoms with E-state index in [1.807, 2.05) is 25.8 Å². The summed E-state index contributed by atoms with van der Waals surface area (Å²) in [7, 11) is 3.59. The Balaban J connectivity index is 1.38. The highest BCUT2D eigenvalue weighted by Crippen LogP contribution is 2.40. The SMILES string of the molecule is Cc1nc(N[C@H]2C[C@@H](Sc3ccc(C(F)(F)F)cc3)C2)nc2c1N(C)C(=O)[C@H](C)N2C. The smallest absolute Gasteiger partial charge is 0.351 e. The van der Waals surface area contributed by atoms with Gasteiger partial charge < -0.3 is 15.1 Å². The van der Waals surface area contributed by atoms with Crippen LogP contribution in [-0.4, -0.2) is 47.3 Å². The van der Waals surface area contributed by atoms with Crippen LogP contribution in [0, 0.1) is 6.92 Å². The Morgan fingerprint density at radius 3 is 2.39 bits per heavy atom. The first-order valence-electron chi connectivity index (χ1n) is 10.0. The molecule has 166 valence electrons. The third-order valence-corrected chi connectivity index (χ3v) is 7.15. The molecule has 0 radical (unpaired) electrons. The van der Waals surface area contributed by atoms with Gasteiger partial charge >= 0.3 is 6.18 Å². The second-order valence-electron chi connectivity index (χ2n) is 8.06. The van der Waals surface area contributed by atoms with Crippen LogP contribution in [0.15, 0.2) is 29.2 Å². The van der Waals surface area contributed by atoms with Crippen molar-refractivity contribution >= 4 is 35.1 Å². The highest BCUT2D eigenvalue weighted by Gasteiger charge is 2.36. The number of anilines is 3. The summed E-state index contributed by atoms with van der Waals surface area (Å²) in [6.07, 6.45) is -2.57. The molecule has 2 heterocycles. The Labute approximate surface area is 183 Å². The van der Waals surface area contributed by atoms with Crippen molar-refractivity contribution in [2.24, 2.45) is 0 Å². The third-order valence-electron chi connectivity index (χ3n) is 5.89. The number of nitrogens with zero attached hydrogens (tertiary/aromatic N) is 4. The molecule has 2 aromatic rings. The number of aryl methyl sites for hydroxylation is 1. The molecule has 1 amide bonds. The first kappa shape index (κ1) is 21.7. The van der Waals surface area contributed by atoms with Gasteiger partial charge in [0.25, 0.3) is 0 Å². The van der Waals surface area contributed by atoms with Crippen molar-refractivity contribution in [3.63, 3.8) is 0 Å². The largest absolute Gasteiger partial charge is 0.416 e. The summed E-state index contributed by atoms with van der Waals surface area (Å²) in [6.45, 7) is 3.71. The molecule has 6 nitrogen and oxygen atoms in total. The molecular weight excluding hydrogens is 427 g/mol. The monoisotopic (exact) mass is 451 g/mol. The number of fused-ring (bicyclic) bond motifs is 1. The van der Waals surface area contributed by atoms with Crippen LogP contribution in [-0.2, 0) is 11.0 Å². The van der Waals surface area contributed by atoms with Gasteiger partial charge in [-0.25, -0.2) is 4.98 Å². The minimum atomic E-state index is -4.31. The predicted molar refractivity (Wildman–Crippen MR) is 116 cm³/mol. The van der Waals surface area contributed by atoms with Gasteiger partial charge in [0.1, 0.15) is 11.7 Å². The maximum atomic E-state index is 12.7. The normalized spacial score (nSPS) is 23.5. The lowest BCUT2D eigenvalue weighted by Gasteiger charge is -2.38. The number of benzene rings is 1. The fourth-order valence-electron chi connectivity index (χ4n) is 3.87. The van der Waals surface area contributed by atoms with Gasteiger partial charge in [-0.15, -0.1) is 11.8 Å². The van der Waals surface area contributed by atoms with Crippen molar-refractivity contribution in [2.45, 2.75) is 55.1 Å². The Morgan fingerprint density at radius 2 is 1.77 bits per heavy atom. The summed E-state index contributed by atoms with van der Waals surface area (Å²) in [5.74, 6) is 1.25. The van der Waals surface area contributed by atoms with E-state index in [1.165, 1.54) is 12.1 Å². The summed E-state index contributed by atoms with van der Waals surface area (Å²) in [4.78, 5) is 25.9. The average Bonchev–Trinajstić information content (AvgIpc) is 2.68. The number of hydrogen-bond donors (Lipinski definition) is 1. The van der Waals surface area contributed by atoms with Gasteiger partial charge in [-0.05, 0) is 51.0 Å². The summed E-state index contributed by atoms with van der Waals surface area (Å²) in [6, 6.07) is 5.21. The highest BCUT2D eigenvalue weighted by atomic mass is 32.2. The Bertz CT molecular complexity index is 992. The van der Waals surface area contributed by atoms with Crippen molar-refractivity contribution in [2.75, 3.05) is 29.2 Å². The van der Waals surface area contributed by atoms with Crippen LogP contribution < -0.4 is 15.1 Å². The first-order valence-corrected chi connectivity index (χ1v) is 10.9. The number of rotatable bonds is 4. The molecule has 1 N–H and O–H groups in total. The molecule has 0 spiro atoms. The maximum Gasteiger partial charge on any atom is 0.416 e. The van der Waals surface area contributed by atoms with Crippen LogP contribution in [0.5, 0.6) is 0 Å². The van der Waals surface area contributed by atoms with Gasteiger partial charge in [0.2, 0.25) is 11.9 Å². The van der Waals surface area contributed by atoms with Crippen molar-refractivity contribution in [1.29, 1.82) is 0 Å². The molecule has 1 aliphatic carbocycles. The van der Waals surface area contributed by atoms with E-state index in [-0.39, 0.29) is 18.0 Å². The van der Waals surface area contributed by atoms with E-state index in [2.05, 4.69) is 15.3 Å². The lowest BCUT2D eigenvalue weighted by molar-refractivity contribution is -0.137. The Hall–Kier alpha value is -2.49. The van der Waals surface area contributed by atoms with Crippen molar-refractivity contribution < 1.29 is 18.0 Å². The lowest BCUT2D eigenvalue weighted by Crippen LogP contribution is -2.50. The van der Waals surface area contributed by atoms with Gasteiger partial charge in [0, 0.05) is 30.3 Å². The van der Waals surface area contributed by atoms with Crippen molar-refractivity contribution in [1.82, 2.24) is 9.97 Å². The Kier molecular flexibility index (Phi) is 5.53. The second kappa shape index (κ2) is 7.89. The number of nitrogens with one attached hydrogen (secondary N) is 1. The topological polar surface area (TPSA) is 61.4 Å². The van der Waals surface area contributed by atoms with E-state index in [1.54, 1.807) is 23.7 Å². The Morgan fingerprint density at radius 1 is 1.13 bits per heavy atom. The quantitative estimate of drug-likeness (QED) is 0.746. The predicted octanol–water partition coefficient (Wildman–Crippen LogP) is 4.34. The minimum absolute atomic E-state index is 0.00420. The molecule has 1 aromatic heterocycles. The summed E-state index contributed by atoms with van der Waals surface area (Å²) in [5, 5.41) is 3.69. The standard InChI is InChI=1S/C21H24F3N5OS/c1-11-17-18(28(3)12(2)19(30)29(17)4)27-20(25-11)26-14-9-16(10-14)31-15-7-5-13(6-8-15)21(22,23)24/h5-8,12,14,16H,9-10H2,1-4H3,(H,25,26,27)/t12-,14-,16+/m0/s1. The van der Waals surface area contributed by atoms with Gasteiger partial charge in [0.05, 0.1) is 11.3 Å². The zero-order valence-corrected chi connectivity index (χ0v) is 18.5. The van der Waals surface area contributed by atoms with E-state index in [0.717, 1.165) is 47.1 Å². The van der Waals surface area contributed by atoms with Crippen LogP contribution in [0.1, 0.15) is 31.0 Å². The van der Waals surface area contributed by atoms with Gasteiger partial charge in [-0.3, -0.25) is 4.79 Å². The number of aromatic nitrogens is 2. The van der Waals surface area contributed by atoms with Crippen molar-refractivity contribution in [3.05, 3.63) is 35.5 Å². The van der Waals surface area contributed by atoms with Crippen molar-refractivity contribution in [3.8, 4) is 0 Å². The molecule has 1 saturated carbocycles. The fraction of sp³-hybridized carbons (Fsp3) is 0.476. The zero-order chi connectivity index (χ0) is 22.5. The summed E-state index contributed by atoms with van der Waals surface area (Å²) in [5.41, 5.74) is 0.828. The zero-order valence-electron chi connectivity index (χ0n) is 17.7. The number of hydrogen-bond acceptors (Lipinski definition) is 6. The van der Waals surface area contributed by atoms with Crippen LogP contribution >= 0.6 is 11.8 Å². The number of amides is 1. The number of carbonyl (C=O) groups is 1. The van der Waals surface area contributed by atoms with E-state index in [0.29, 0.717) is 11.2 Å². The number of alkyl halides is 3. The van der Waals surface area contributed by atoms with Crippen LogP contribution in [0.3, 0.4) is 0 Å². The molecule has 1 aliphatic heterocycles. The molecule has 0 unspecified atom stereocenters. The van der Waals surface area contributed by atoms with Crippen LogP contribution in [0.2, 0.25) is 0 Å². The third kappa shape index (κ3) is 4.17. The van der Waals surface area contributed by atoms with Gasteiger partial charge in [-0.2, -0.15) is 18.2 Å². The van der Waals surface area contributed by atoms with Crippen LogP contribution in [0.4, 0.5) is 30.6 Å². The lowest BCUT2D eigenvalue weighted by atomic mass is 9.92. The number of thioether (sulfide) groups is 1. The number of likely N-dealkylation sites (N-methyl/N-ethyl adjacent to an activating group) is 2. The summed E-state index contributed by atoms with van der Waals surface area (Å²) < 4.78 is 38.1. The van der Waals surface area contributed by atoms with E-state index >= 15 is 0 Å². The van der Waals surface area contributed by atoms with Gasteiger partial charge in [0.15, 0.2) is 5.82 Å². The molecule has 0 bridgehead atoms. The maximum absolute atomic E-state index is 12.7. The molecule has 2 aliphatic rings. The van der Waals surface area contributed by atoms with Gasteiger partial charge in [-0.1, -0.05) is 0 Å². The molecule has 4 rings (SSSR count). The number of halogens is 3. The second-order valence-corrected chi connectivity index (χ2v) is 9.44. The summed E-state index contributed by atoms with van der Waals surface area (Å²) >= 11 is 1.59. The molecular formula is C21H24F3N5OS. The van der Waals surface area contributed by atoms with E-state index in [9.17, 15) is 18.0 Å². The average molecular weight is 452 g/mol. The van der Waals surface area contributed by atoms with E-state index < -0.39 is 11.7 Å². The van der Waals surface area contributed by atoms with Crippen LogP contribution in [0.25, 0.3) is 0 Å².